The molecule has 112 valence electrons. The monoisotopic (exact) mass is 318 g/mol. The molecule has 0 N–H and O–H groups in total. The number of Topliss-reactive ketones (excluding diaryl/α,β-unsaturated/α-hetero) is 1. The maximum absolute atomic E-state index is 13.4. The lowest BCUT2D eigenvalue weighted by atomic mass is 10.2. The third-order valence-corrected chi connectivity index (χ3v) is 3.73. The van der Waals surface area contributed by atoms with Gasteiger partial charge in [-0.05, 0) is 19.9 Å². The van der Waals surface area contributed by atoms with Crippen LogP contribution in [0.3, 0.4) is 0 Å². The number of benzene rings is 1. The Labute approximate surface area is 122 Å². The fraction of sp³-hybridized carbons (Fsp3) is 0.214. The third-order valence-electron chi connectivity index (χ3n) is 2.76. The Kier molecular flexibility index (Phi) is 4.32. The van der Waals surface area contributed by atoms with Crippen molar-refractivity contribution < 1.29 is 27.1 Å². The minimum atomic E-state index is -1.67. The molecule has 0 saturated heterocycles. The largest absolute Gasteiger partial charge is 0.479 e. The molecule has 0 saturated carbocycles. The van der Waals surface area contributed by atoms with E-state index in [1.54, 1.807) is 19.9 Å². The van der Waals surface area contributed by atoms with Crippen LogP contribution in [0, 0.1) is 37.1 Å². The van der Waals surface area contributed by atoms with Gasteiger partial charge < -0.3 is 4.74 Å². The van der Waals surface area contributed by atoms with Crippen LogP contribution in [0.15, 0.2) is 12.1 Å². The molecule has 2 aromatic rings. The van der Waals surface area contributed by atoms with Gasteiger partial charge >= 0.3 is 0 Å². The van der Waals surface area contributed by atoms with Gasteiger partial charge in [-0.1, -0.05) is 0 Å². The molecule has 1 aromatic carbocycles. The average molecular weight is 318 g/mol. The van der Waals surface area contributed by atoms with Crippen LogP contribution in [-0.2, 0) is 0 Å². The van der Waals surface area contributed by atoms with Gasteiger partial charge in [-0.2, -0.15) is 8.78 Å². The maximum atomic E-state index is 13.4. The summed E-state index contributed by atoms with van der Waals surface area (Å²) in [5.41, 5.74) is 0.357. The Bertz CT molecular complexity index is 683. The second kappa shape index (κ2) is 5.85. The van der Waals surface area contributed by atoms with Gasteiger partial charge in [0, 0.05) is 21.4 Å². The Morgan fingerprint density at radius 1 is 1.10 bits per heavy atom. The van der Waals surface area contributed by atoms with Crippen molar-refractivity contribution in [3.8, 4) is 5.75 Å². The summed E-state index contributed by atoms with van der Waals surface area (Å²) in [5, 5.41) is 0. The van der Waals surface area contributed by atoms with Gasteiger partial charge in [-0.25, -0.2) is 8.78 Å². The van der Waals surface area contributed by atoms with E-state index in [2.05, 4.69) is 4.74 Å². The van der Waals surface area contributed by atoms with Gasteiger partial charge in [-0.15, -0.1) is 11.3 Å². The summed E-state index contributed by atoms with van der Waals surface area (Å²) < 4.78 is 57.3. The van der Waals surface area contributed by atoms with E-state index in [1.807, 2.05) is 0 Å². The first-order valence-electron chi connectivity index (χ1n) is 5.87. The highest BCUT2D eigenvalue weighted by molar-refractivity contribution is 7.12. The van der Waals surface area contributed by atoms with Crippen LogP contribution in [0.1, 0.15) is 20.1 Å². The molecule has 0 amide bonds. The summed E-state index contributed by atoms with van der Waals surface area (Å²) in [6.07, 6.45) is 0. The molecule has 0 aliphatic carbocycles. The Morgan fingerprint density at radius 3 is 2.14 bits per heavy atom. The molecule has 0 bridgehead atoms. The molecule has 0 aliphatic heterocycles. The SMILES string of the molecule is Cc1cc(C(=O)COc2c(F)c(F)cc(F)c2F)c(C)s1. The van der Waals surface area contributed by atoms with Gasteiger partial charge in [0.25, 0.3) is 0 Å². The molecule has 2 nitrogen and oxygen atoms in total. The van der Waals surface area contributed by atoms with E-state index in [4.69, 9.17) is 0 Å². The van der Waals surface area contributed by atoms with Crippen molar-refractivity contribution in [3.05, 3.63) is 50.7 Å². The van der Waals surface area contributed by atoms with Gasteiger partial charge in [0.05, 0.1) is 0 Å². The first-order chi connectivity index (χ1) is 9.81. The molecule has 0 atom stereocenters. The van der Waals surface area contributed by atoms with Crippen molar-refractivity contribution in [2.45, 2.75) is 13.8 Å². The smallest absolute Gasteiger partial charge is 0.203 e. The summed E-state index contributed by atoms with van der Waals surface area (Å²) in [6, 6.07) is 1.69. The second-order valence-electron chi connectivity index (χ2n) is 4.34. The van der Waals surface area contributed by atoms with Crippen LogP contribution in [-0.4, -0.2) is 12.4 Å². The highest BCUT2D eigenvalue weighted by atomic mass is 32.1. The fourth-order valence-electron chi connectivity index (χ4n) is 1.80. The normalized spacial score (nSPS) is 10.8. The lowest BCUT2D eigenvalue weighted by Gasteiger charge is -2.08. The van der Waals surface area contributed by atoms with Gasteiger partial charge in [0.1, 0.15) is 0 Å². The van der Waals surface area contributed by atoms with Crippen LogP contribution in [0.25, 0.3) is 0 Å². The predicted octanol–water partition coefficient (Wildman–Crippen LogP) is 4.18. The molecule has 0 aliphatic rings. The highest BCUT2D eigenvalue weighted by Gasteiger charge is 2.22. The minimum absolute atomic E-state index is 0.0751. The molecule has 2 rings (SSSR count). The number of halogens is 4. The van der Waals surface area contributed by atoms with Crippen LogP contribution < -0.4 is 4.74 Å². The van der Waals surface area contributed by atoms with Crippen molar-refractivity contribution >= 4 is 17.1 Å². The van der Waals surface area contributed by atoms with E-state index in [0.29, 0.717) is 5.56 Å². The van der Waals surface area contributed by atoms with Crippen molar-refractivity contribution in [2.75, 3.05) is 6.61 Å². The van der Waals surface area contributed by atoms with Gasteiger partial charge in [0.2, 0.25) is 17.4 Å². The first kappa shape index (κ1) is 15.5. The maximum Gasteiger partial charge on any atom is 0.203 e. The number of carbonyl (C=O) groups is 1. The van der Waals surface area contributed by atoms with Crippen molar-refractivity contribution in [1.82, 2.24) is 0 Å². The Hall–Kier alpha value is -1.89. The summed E-state index contributed by atoms with van der Waals surface area (Å²) in [5.74, 6) is -8.26. The molecule has 1 aromatic heterocycles. The van der Waals surface area contributed by atoms with E-state index in [-0.39, 0.29) is 6.07 Å². The molecule has 1 heterocycles. The standard InChI is InChI=1S/C14H10F4O2S/c1-6-3-8(7(2)21-6)11(19)5-20-14-12(17)9(15)4-10(16)13(14)18/h3-4H,5H2,1-2H3. The number of thiophene rings is 1. The lowest BCUT2D eigenvalue weighted by Crippen LogP contribution is -2.14. The molecule has 0 radical (unpaired) electrons. The summed E-state index contributed by atoms with van der Waals surface area (Å²) in [7, 11) is 0. The third kappa shape index (κ3) is 3.07. The van der Waals surface area contributed by atoms with E-state index >= 15 is 0 Å². The van der Waals surface area contributed by atoms with Crippen LogP contribution in [0.2, 0.25) is 0 Å². The first-order valence-corrected chi connectivity index (χ1v) is 6.69. The van der Waals surface area contributed by atoms with Gasteiger partial charge in [-0.3, -0.25) is 4.79 Å². The quantitative estimate of drug-likeness (QED) is 0.480. The summed E-state index contributed by atoms with van der Waals surface area (Å²) in [4.78, 5) is 13.5. The van der Waals surface area contributed by atoms with Crippen LogP contribution in [0.5, 0.6) is 5.75 Å². The number of aryl methyl sites for hydroxylation is 2. The van der Waals surface area contributed by atoms with Crippen LogP contribution >= 0.6 is 11.3 Å². The van der Waals surface area contributed by atoms with E-state index in [9.17, 15) is 22.4 Å². The number of ether oxygens (including phenoxy) is 1. The van der Waals surface area contributed by atoms with Crippen molar-refractivity contribution in [3.63, 3.8) is 0 Å². The lowest BCUT2D eigenvalue weighted by molar-refractivity contribution is 0.0913. The number of rotatable bonds is 4. The zero-order valence-electron chi connectivity index (χ0n) is 11.1. The molecule has 0 spiro atoms. The van der Waals surface area contributed by atoms with E-state index < -0.39 is 41.4 Å². The molecular formula is C14H10F4O2S. The topological polar surface area (TPSA) is 26.3 Å². The second-order valence-corrected chi connectivity index (χ2v) is 5.80. The Morgan fingerprint density at radius 2 is 1.67 bits per heavy atom. The molecule has 21 heavy (non-hydrogen) atoms. The molecule has 0 unspecified atom stereocenters. The van der Waals surface area contributed by atoms with Crippen molar-refractivity contribution in [2.24, 2.45) is 0 Å². The summed E-state index contributed by atoms with van der Waals surface area (Å²) in [6.45, 7) is 2.80. The number of carbonyl (C=O) groups excluding carboxylic acids is 1. The Balaban J connectivity index is 2.21. The molecule has 7 heteroatoms. The highest BCUT2D eigenvalue weighted by Crippen LogP contribution is 2.27. The number of hydrogen-bond donors (Lipinski definition) is 0. The fourth-order valence-corrected chi connectivity index (χ4v) is 2.74. The number of ketones is 1. The molecule has 0 fully saturated rings. The zero-order chi connectivity index (χ0) is 15.7. The number of hydrogen-bond acceptors (Lipinski definition) is 3. The van der Waals surface area contributed by atoms with Crippen molar-refractivity contribution in [1.29, 1.82) is 0 Å². The summed E-state index contributed by atoms with van der Waals surface area (Å²) >= 11 is 1.39. The van der Waals surface area contributed by atoms with E-state index in [1.165, 1.54) is 11.3 Å². The van der Waals surface area contributed by atoms with Crippen LogP contribution in [0.4, 0.5) is 17.6 Å². The minimum Gasteiger partial charge on any atom is -0.479 e. The average Bonchev–Trinajstić information content (AvgIpc) is 2.75. The predicted molar refractivity (Wildman–Crippen MR) is 69.9 cm³/mol. The molecular weight excluding hydrogens is 308 g/mol. The van der Waals surface area contributed by atoms with Gasteiger partial charge in [0.15, 0.2) is 24.0 Å². The van der Waals surface area contributed by atoms with E-state index in [0.717, 1.165) is 9.75 Å². The zero-order valence-corrected chi connectivity index (χ0v) is 11.9.